The predicted octanol–water partition coefficient (Wildman–Crippen LogP) is 4.47. The molecule has 1 aromatic rings. The maximum Gasteiger partial charge on any atom is 0.413 e. The summed E-state index contributed by atoms with van der Waals surface area (Å²) in [6.07, 6.45) is 2.08. The number of halogens is 1. The van der Waals surface area contributed by atoms with Crippen molar-refractivity contribution in [2.45, 2.75) is 78.0 Å². The first-order chi connectivity index (χ1) is 13.7. The number of nitrogens with zero attached hydrogens (tertiary/aromatic N) is 3. The summed E-state index contributed by atoms with van der Waals surface area (Å²) in [4.78, 5) is 35.1. The van der Waals surface area contributed by atoms with E-state index in [1.807, 2.05) is 27.7 Å². The number of carbonyl (C=O) groups is 2. The van der Waals surface area contributed by atoms with Crippen LogP contribution in [0.25, 0.3) is 0 Å². The zero-order valence-electron chi connectivity index (χ0n) is 18.8. The molecule has 1 aromatic heterocycles. The second-order valence-electron chi connectivity index (χ2n) is 9.67. The molecule has 0 aliphatic carbocycles. The molecule has 0 bridgehead atoms. The monoisotopic (exact) mass is 485 g/mol. The van der Waals surface area contributed by atoms with Gasteiger partial charge in [-0.3, -0.25) is 5.32 Å². The van der Waals surface area contributed by atoms with Crippen LogP contribution < -0.4 is 15.5 Å². The molecule has 0 spiro atoms. The summed E-state index contributed by atoms with van der Waals surface area (Å²) in [6, 6.07) is 0. The second-order valence-corrected chi connectivity index (χ2v) is 10.4. The first kappa shape index (κ1) is 24.2. The Balaban J connectivity index is 2.00. The van der Waals surface area contributed by atoms with Gasteiger partial charge < -0.3 is 19.7 Å². The normalized spacial score (nSPS) is 16.6. The Labute approximate surface area is 186 Å². The highest BCUT2D eigenvalue weighted by atomic mass is 79.9. The fraction of sp³-hybridized carbons (Fsp3) is 0.700. The van der Waals surface area contributed by atoms with E-state index in [-0.39, 0.29) is 5.54 Å². The molecule has 1 aliphatic rings. The third-order valence-electron chi connectivity index (χ3n) is 4.33. The average molecular weight is 486 g/mol. The molecule has 2 rings (SSSR count). The van der Waals surface area contributed by atoms with Crippen molar-refractivity contribution in [3.8, 4) is 0 Å². The van der Waals surface area contributed by atoms with Gasteiger partial charge in [0.15, 0.2) is 5.82 Å². The first-order valence-electron chi connectivity index (χ1n) is 9.94. The van der Waals surface area contributed by atoms with Gasteiger partial charge in [-0.05, 0) is 77.2 Å². The van der Waals surface area contributed by atoms with Gasteiger partial charge in [0.1, 0.15) is 21.6 Å². The van der Waals surface area contributed by atoms with Gasteiger partial charge in [0.25, 0.3) is 0 Å². The minimum atomic E-state index is -0.611. The lowest BCUT2D eigenvalue weighted by molar-refractivity contribution is 0.0447. The molecular formula is C20H32BrN5O4. The van der Waals surface area contributed by atoms with E-state index in [1.165, 1.54) is 0 Å². The Morgan fingerprint density at radius 1 is 1.07 bits per heavy atom. The van der Waals surface area contributed by atoms with Gasteiger partial charge in [-0.2, -0.15) is 0 Å². The molecule has 1 fully saturated rings. The Hall–Kier alpha value is -2.10. The number of ether oxygens (including phenoxy) is 2. The SMILES string of the molecule is CC1(NC(=O)OC(C)(C)C)CCN(c2cnc(Br)c(NC(=O)OC(C)(C)C)n2)CC1. The van der Waals surface area contributed by atoms with Crippen LogP contribution >= 0.6 is 15.9 Å². The second kappa shape index (κ2) is 8.95. The molecule has 0 atom stereocenters. The first-order valence-corrected chi connectivity index (χ1v) is 10.7. The molecule has 168 valence electrons. The molecule has 1 aliphatic heterocycles. The van der Waals surface area contributed by atoms with Crippen molar-refractivity contribution >= 4 is 39.8 Å². The van der Waals surface area contributed by atoms with E-state index in [2.05, 4.69) is 41.4 Å². The topological polar surface area (TPSA) is 106 Å². The number of carbonyl (C=O) groups excluding carboxylic acids is 2. The summed E-state index contributed by atoms with van der Waals surface area (Å²) in [6.45, 7) is 14.3. The van der Waals surface area contributed by atoms with Crippen LogP contribution in [-0.4, -0.2) is 52.0 Å². The van der Waals surface area contributed by atoms with Crippen molar-refractivity contribution in [2.24, 2.45) is 0 Å². The van der Waals surface area contributed by atoms with Crippen LogP contribution in [0.15, 0.2) is 10.8 Å². The number of aromatic nitrogens is 2. The van der Waals surface area contributed by atoms with Gasteiger partial charge in [0.05, 0.1) is 6.20 Å². The van der Waals surface area contributed by atoms with E-state index in [1.54, 1.807) is 27.0 Å². The molecular weight excluding hydrogens is 454 g/mol. The Kier molecular flexibility index (Phi) is 7.21. The summed E-state index contributed by atoms with van der Waals surface area (Å²) in [5, 5.41) is 5.62. The molecule has 30 heavy (non-hydrogen) atoms. The van der Waals surface area contributed by atoms with Crippen LogP contribution in [0.5, 0.6) is 0 Å². The Morgan fingerprint density at radius 3 is 2.13 bits per heavy atom. The molecule has 0 unspecified atom stereocenters. The zero-order chi connectivity index (χ0) is 22.7. The van der Waals surface area contributed by atoms with E-state index in [0.29, 0.717) is 29.3 Å². The summed E-state index contributed by atoms with van der Waals surface area (Å²) >= 11 is 3.31. The maximum atomic E-state index is 12.1. The van der Waals surface area contributed by atoms with E-state index in [0.717, 1.165) is 12.8 Å². The minimum absolute atomic E-state index is 0.293. The lowest BCUT2D eigenvalue weighted by atomic mass is 9.90. The van der Waals surface area contributed by atoms with Crippen LogP contribution in [0, 0.1) is 0 Å². The molecule has 0 radical (unpaired) electrons. The number of alkyl carbamates (subject to hydrolysis) is 1. The summed E-state index contributed by atoms with van der Waals surface area (Å²) in [5.74, 6) is 0.936. The van der Waals surface area contributed by atoms with Crippen LogP contribution in [-0.2, 0) is 9.47 Å². The van der Waals surface area contributed by atoms with Crippen molar-refractivity contribution in [3.63, 3.8) is 0 Å². The maximum absolute atomic E-state index is 12.1. The lowest BCUT2D eigenvalue weighted by Gasteiger charge is -2.40. The molecule has 10 heteroatoms. The van der Waals surface area contributed by atoms with E-state index in [9.17, 15) is 9.59 Å². The van der Waals surface area contributed by atoms with Crippen LogP contribution in [0.2, 0.25) is 0 Å². The van der Waals surface area contributed by atoms with Crippen molar-refractivity contribution < 1.29 is 19.1 Å². The number of hydrogen-bond donors (Lipinski definition) is 2. The third kappa shape index (κ3) is 7.62. The van der Waals surface area contributed by atoms with Gasteiger partial charge in [-0.1, -0.05) is 0 Å². The van der Waals surface area contributed by atoms with Crippen molar-refractivity contribution in [1.29, 1.82) is 0 Å². The van der Waals surface area contributed by atoms with Crippen molar-refractivity contribution in [3.05, 3.63) is 10.8 Å². The van der Waals surface area contributed by atoms with Gasteiger partial charge in [-0.15, -0.1) is 0 Å². The fourth-order valence-electron chi connectivity index (χ4n) is 2.90. The highest BCUT2D eigenvalue weighted by Crippen LogP contribution is 2.28. The van der Waals surface area contributed by atoms with Crippen LogP contribution in [0.4, 0.5) is 21.2 Å². The summed E-state index contributed by atoms with van der Waals surface area (Å²) in [5.41, 5.74) is -1.51. The minimum Gasteiger partial charge on any atom is -0.444 e. The lowest BCUT2D eigenvalue weighted by Crippen LogP contribution is -2.54. The third-order valence-corrected chi connectivity index (χ3v) is 4.91. The number of anilines is 2. The quantitative estimate of drug-likeness (QED) is 0.650. The van der Waals surface area contributed by atoms with E-state index in [4.69, 9.17) is 9.47 Å². The molecule has 9 nitrogen and oxygen atoms in total. The van der Waals surface area contributed by atoms with E-state index >= 15 is 0 Å². The van der Waals surface area contributed by atoms with Gasteiger partial charge in [0.2, 0.25) is 0 Å². The highest BCUT2D eigenvalue weighted by Gasteiger charge is 2.33. The standard InChI is InChI=1S/C20H32BrN5O4/c1-18(2,3)29-16(27)24-15-14(21)22-12-13(23-15)26-10-8-20(7,9-11-26)25-17(28)30-19(4,5)6/h12H,8-11H2,1-7H3,(H,25,28)(H,23,24,27). The molecule has 2 heterocycles. The fourth-order valence-corrected chi connectivity index (χ4v) is 3.19. The largest absolute Gasteiger partial charge is 0.444 e. The van der Waals surface area contributed by atoms with Gasteiger partial charge in [-0.25, -0.2) is 19.6 Å². The molecule has 2 amide bonds. The molecule has 2 N–H and O–H groups in total. The highest BCUT2D eigenvalue weighted by molar-refractivity contribution is 9.10. The average Bonchev–Trinajstić information content (AvgIpc) is 2.53. The number of piperidine rings is 1. The van der Waals surface area contributed by atoms with Crippen LogP contribution in [0.1, 0.15) is 61.3 Å². The number of amides is 2. The molecule has 0 saturated carbocycles. The van der Waals surface area contributed by atoms with E-state index < -0.39 is 23.4 Å². The summed E-state index contributed by atoms with van der Waals surface area (Å²) in [7, 11) is 0. The van der Waals surface area contributed by atoms with Crippen molar-refractivity contribution in [1.82, 2.24) is 15.3 Å². The zero-order valence-corrected chi connectivity index (χ0v) is 20.3. The smallest absolute Gasteiger partial charge is 0.413 e. The Bertz CT molecular complexity index is 780. The number of hydrogen-bond acceptors (Lipinski definition) is 7. The van der Waals surface area contributed by atoms with Gasteiger partial charge in [0, 0.05) is 18.6 Å². The summed E-state index contributed by atoms with van der Waals surface area (Å²) < 4.78 is 11.1. The van der Waals surface area contributed by atoms with Crippen LogP contribution in [0.3, 0.4) is 0 Å². The molecule has 0 aromatic carbocycles. The number of nitrogens with one attached hydrogen (secondary N) is 2. The predicted molar refractivity (Wildman–Crippen MR) is 119 cm³/mol. The Morgan fingerprint density at radius 2 is 1.60 bits per heavy atom. The van der Waals surface area contributed by atoms with Gasteiger partial charge >= 0.3 is 12.2 Å². The molecule has 1 saturated heterocycles. The van der Waals surface area contributed by atoms with Crippen molar-refractivity contribution in [2.75, 3.05) is 23.3 Å². The number of rotatable bonds is 3.